The second kappa shape index (κ2) is 4.23. The Hall–Kier alpha value is -2.55. The Morgan fingerprint density at radius 2 is 1.45 bits per heavy atom. The molecule has 0 unspecified atom stereocenters. The van der Waals surface area contributed by atoms with E-state index in [1.54, 1.807) is 12.1 Å². The summed E-state index contributed by atoms with van der Waals surface area (Å²) in [5.41, 5.74) is 4.34. The fraction of sp³-hybridized carbons (Fsp3) is 0.0588. The topological polar surface area (TPSA) is 31.6 Å². The molecule has 4 aromatic rings. The van der Waals surface area contributed by atoms with Gasteiger partial charge < -0.3 is 9.97 Å². The molecule has 2 heterocycles. The number of aromatic amines is 2. The first-order valence-corrected chi connectivity index (χ1v) is 6.62. The van der Waals surface area contributed by atoms with E-state index >= 15 is 0 Å². The molecular weight excluding hydrogens is 251 g/mol. The molecule has 0 aliphatic carbocycles. The number of hydrogen-bond acceptors (Lipinski definition) is 0. The Morgan fingerprint density at radius 3 is 2.25 bits per heavy atom. The van der Waals surface area contributed by atoms with Crippen LogP contribution in [0.5, 0.6) is 0 Å². The molecule has 98 valence electrons. The molecule has 0 radical (unpaired) electrons. The first-order valence-electron chi connectivity index (χ1n) is 6.62. The second-order valence-corrected chi connectivity index (χ2v) is 5.08. The van der Waals surface area contributed by atoms with Crippen molar-refractivity contribution in [3.8, 4) is 0 Å². The standard InChI is InChI=1S/C17H13FN2/c18-13-5-6-17-12(7-13)9-15(20-17)10-14-8-11-3-1-2-4-16(11)19-14/h1-9,19-20H,10H2. The van der Waals surface area contributed by atoms with Crippen LogP contribution >= 0.6 is 0 Å². The highest BCUT2D eigenvalue weighted by Crippen LogP contribution is 2.21. The summed E-state index contributed by atoms with van der Waals surface area (Å²) >= 11 is 0. The van der Waals surface area contributed by atoms with E-state index in [9.17, 15) is 4.39 Å². The second-order valence-electron chi connectivity index (χ2n) is 5.08. The Labute approximate surface area is 115 Å². The van der Waals surface area contributed by atoms with Gasteiger partial charge in [-0.25, -0.2) is 4.39 Å². The molecule has 2 nitrogen and oxygen atoms in total. The van der Waals surface area contributed by atoms with Crippen LogP contribution in [0.1, 0.15) is 11.4 Å². The van der Waals surface area contributed by atoms with Crippen LogP contribution in [0.2, 0.25) is 0 Å². The summed E-state index contributed by atoms with van der Waals surface area (Å²) in [6.07, 6.45) is 0.783. The molecule has 0 aliphatic heterocycles. The molecule has 20 heavy (non-hydrogen) atoms. The average molecular weight is 264 g/mol. The van der Waals surface area contributed by atoms with Gasteiger partial charge in [0, 0.05) is 34.2 Å². The summed E-state index contributed by atoms with van der Waals surface area (Å²) in [6.45, 7) is 0. The number of halogens is 1. The van der Waals surface area contributed by atoms with Crippen molar-refractivity contribution in [1.29, 1.82) is 0 Å². The van der Waals surface area contributed by atoms with Gasteiger partial charge >= 0.3 is 0 Å². The van der Waals surface area contributed by atoms with Crippen LogP contribution in [0.15, 0.2) is 54.6 Å². The maximum atomic E-state index is 13.2. The minimum absolute atomic E-state index is 0.200. The zero-order chi connectivity index (χ0) is 13.5. The molecule has 0 aliphatic rings. The SMILES string of the molecule is Fc1ccc2[nH]c(Cc3cc4ccccc4[nH]3)cc2c1. The van der Waals surface area contributed by atoms with Gasteiger partial charge in [0.2, 0.25) is 0 Å². The van der Waals surface area contributed by atoms with Crippen molar-refractivity contribution in [3.05, 3.63) is 71.8 Å². The third-order valence-corrected chi connectivity index (χ3v) is 3.61. The number of nitrogens with one attached hydrogen (secondary N) is 2. The van der Waals surface area contributed by atoms with E-state index in [0.29, 0.717) is 0 Å². The van der Waals surface area contributed by atoms with Crippen LogP contribution < -0.4 is 0 Å². The Balaban J connectivity index is 1.72. The molecule has 0 amide bonds. The van der Waals surface area contributed by atoms with Gasteiger partial charge in [-0.3, -0.25) is 0 Å². The Morgan fingerprint density at radius 1 is 0.750 bits per heavy atom. The normalized spacial score (nSPS) is 11.4. The molecule has 2 N–H and O–H groups in total. The van der Waals surface area contributed by atoms with E-state index in [2.05, 4.69) is 28.2 Å². The summed E-state index contributed by atoms with van der Waals surface area (Å²) in [7, 11) is 0. The van der Waals surface area contributed by atoms with Crippen LogP contribution in [-0.4, -0.2) is 9.97 Å². The molecule has 0 saturated carbocycles. The van der Waals surface area contributed by atoms with Gasteiger partial charge in [0.1, 0.15) is 5.82 Å². The van der Waals surface area contributed by atoms with Crippen molar-refractivity contribution in [2.24, 2.45) is 0 Å². The largest absolute Gasteiger partial charge is 0.358 e. The van der Waals surface area contributed by atoms with Crippen molar-refractivity contribution in [2.45, 2.75) is 6.42 Å². The number of para-hydroxylation sites is 1. The molecule has 3 heteroatoms. The molecule has 0 atom stereocenters. The quantitative estimate of drug-likeness (QED) is 0.538. The van der Waals surface area contributed by atoms with E-state index in [1.807, 2.05) is 18.2 Å². The van der Waals surface area contributed by atoms with Crippen molar-refractivity contribution < 1.29 is 4.39 Å². The van der Waals surface area contributed by atoms with E-state index in [1.165, 1.54) is 11.5 Å². The summed E-state index contributed by atoms with van der Waals surface area (Å²) < 4.78 is 13.2. The van der Waals surface area contributed by atoms with Gasteiger partial charge in [0.15, 0.2) is 0 Å². The van der Waals surface area contributed by atoms with Gasteiger partial charge in [-0.05, 0) is 41.8 Å². The lowest BCUT2D eigenvalue weighted by Crippen LogP contribution is -1.87. The third-order valence-electron chi connectivity index (χ3n) is 3.61. The molecular formula is C17H13FN2. The smallest absolute Gasteiger partial charge is 0.123 e. The molecule has 0 spiro atoms. The van der Waals surface area contributed by atoms with Crippen molar-refractivity contribution >= 4 is 21.8 Å². The predicted octanol–water partition coefficient (Wildman–Crippen LogP) is 4.38. The average Bonchev–Trinajstić information content (AvgIpc) is 3.00. The van der Waals surface area contributed by atoms with Crippen LogP contribution in [0.25, 0.3) is 21.8 Å². The highest BCUT2D eigenvalue weighted by atomic mass is 19.1. The summed E-state index contributed by atoms with van der Waals surface area (Å²) in [5.74, 6) is -0.200. The summed E-state index contributed by atoms with van der Waals surface area (Å²) in [6, 6.07) is 17.2. The number of fused-ring (bicyclic) bond motifs is 2. The first kappa shape index (κ1) is 11.3. The molecule has 4 rings (SSSR count). The van der Waals surface area contributed by atoms with Crippen LogP contribution in [0, 0.1) is 5.82 Å². The van der Waals surface area contributed by atoms with E-state index in [4.69, 9.17) is 0 Å². The van der Waals surface area contributed by atoms with Gasteiger partial charge in [0.05, 0.1) is 0 Å². The molecule has 0 saturated heterocycles. The van der Waals surface area contributed by atoms with Gasteiger partial charge in [-0.15, -0.1) is 0 Å². The minimum atomic E-state index is -0.200. The van der Waals surface area contributed by atoms with Crippen LogP contribution in [-0.2, 0) is 6.42 Å². The van der Waals surface area contributed by atoms with Crippen molar-refractivity contribution in [2.75, 3.05) is 0 Å². The zero-order valence-corrected chi connectivity index (χ0v) is 10.8. The number of aromatic nitrogens is 2. The lowest BCUT2D eigenvalue weighted by atomic mass is 10.2. The van der Waals surface area contributed by atoms with Crippen molar-refractivity contribution in [3.63, 3.8) is 0 Å². The Kier molecular flexibility index (Phi) is 2.39. The van der Waals surface area contributed by atoms with Gasteiger partial charge in [0.25, 0.3) is 0 Å². The van der Waals surface area contributed by atoms with E-state index < -0.39 is 0 Å². The summed E-state index contributed by atoms with van der Waals surface area (Å²) in [5, 5.41) is 2.13. The maximum Gasteiger partial charge on any atom is 0.123 e. The minimum Gasteiger partial charge on any atom is -0.358 e. The number of rotatable bonds is 2. The van der Waals surface area contributed by atoms with E-state index in [-0.39, 0.29) is 5.82 Å². The Bertz CT molecular complexity index is 869. The highest BCUT2D eigenvalue weighted by molar-refractivity contribution is 5.82. The highest BCUT2D eigenvalue weighted by Gasteiger charge is 2.05. The predicted molar refractivity (Wildman–Crippen MR) is 79.4 cm³/mol. The lowest BCUT2D eigenvalue weighted by molar-refractivity contribution is 0.630. The van der Waals surface area contributed by atoms with Crippen LogP contribution in [0.4, 0.5) is 4.39 Å². The van der Waals surface area contributed by atoms with Crippen LogP contribution in [0.3, 0.4) is 0 Å². The maximum absolute atomic E-state index is 13.2. The third kappa shape index (κ3) is 1.88. The zero-order valence-electron chi connectivity index (χ0n) is 10.8. The molecule has 2 aromatic heterocycles. The van der Waals surface area contributed by atoms with Crippen molar-refractivity contribution in [1.82, 2.24) is 9.97 Å². The number of benzene rings is 2. The molecule has 2 aromatic carbocycles. The monoisotopic (exact) mass is 264 g/mol. The molecule has 0 bridgehead atoms. The lowest BCUT2D eigenvalue weighted by Gasteiger charge is -1.93. The van der Waals surface area contributed by atoms with E-state index in [0.717, 1.165) is 34.2 Å². The number of H-pyrrole nitrogens is 2. The van der Waals surface area contributed by atoms with Gasteiger partial charge in [-0.1, -0.05) is 18.2 Å². The molecule has 0 fully saturated rings. The summed E-state index contributed by atoms with van der Waals surface area (Å²) in [4.78, 5) is 6.73. The first-order chi connectivity index (χ1) is 9.78. The van der Waals surface area contributed by atoms with Gasteiger partial charge in [-0.2, -0.15) is 0 Å². The fourth-order valence-electron chi connectivity index (χ4n) is 2.69. The number of hydrogen-bond donors (Lipinski definition) is 2. The fourth-order valence-corrected chi connectivity index (χ4v) is 2.69.